The number of halogens is 1. The topological polar surface area (TPSA) is 102 Å². The molecule has 0 radical (unpaired) electrons. The van der Waals surface area contributed by atoms with E-state index in [2.05, 4.69) is 15.2 Å². The largest absolute Gasteiger partial charge is 0.481 e. The number of nitrogens with zero attached hydrogens (tertiary/aromatic N) is 3. The van der Waals surface area contributed by atoms with Crippen LogP contribution >= 0.6 is 0 Å². The molecular weight excluding hydrogens is 351 g/mol. The normalized spacial score (nSPS) is 22.9. The fourth-order valence-corrected chi connectivity index (χ4v) is 3.87. The standard InChI is InChI=1S/C19H19FN4O3/c20-13-3-1-2-12(8-13)9-19(18(26)27)11-24(7-5-16(19)25)15-4-6-21-17-14(15)10-22-23-17/h1-4,6,8,10,16,25H,5,7,9,11H2,(H,26,27)(H,21,22,23)/t16-,19-/m1/s1. The second-order valence-electron chi connectivity index (χ2n) is 6.96. The van der Waals surface area contributed by atoms with Crippen molar-refractivity contribution < 1.29 is 19.4 Å². The van der Waals surface area contributed by atoms with Gasteiger partial charge in [0.15, 0.2) is 5.65 Å². The molecule has 1 aliphatic rings. The number of H-pyrrole nitrogens is 1. The molecule has 0 aliphatic carbocycles. The zero-order valence-corrected chi connectivity index (χ0v) is 14.5. The molecule has 2 atom stereocenters. The van der Waals surface area contributed by atoms with Crippen LogP contribution in [-0.4, -0.2) is 50.6 Å². The Morgan fingerprint density at radius 2 is 2.26 bits per heavy atom. The molecule has 3 heterocycles. The van der Waals surface area contributed by atoms with Crippen molar-refractivity contribution in [2.75, 3.05) is 18.0 Å². The molecule has 2 aromatic heterocycles. The second kappa shape index (κ2) is 6.62. The summed E-state index contributed by atoms with van der Waals surface area (Å²) in [6.07, 6.45) is 2.59. The van der Waals surface area contributed by atoms with E-state index in [-0.39, 0.29) is 13.0 Å². The van der Waals surface area contributed by atoms with Crippen LogP contribution in [0.5, 0.6) is 0 Å². The summed E-state index contributed by atoms with van der Waals surface area (Å²) in [6.45, 7) is 0.605. The Labute approximate surface area is 154 Å². The summed E-state index contributed by atoms with van der Waals surface area (Å²) in [7, 11) is 0. The van der Waals surface area contributed by atoms with Crippen molar-refractivity contribution in [1.82, 2.24) is 15.2 Å². The van der Waals surface area contributed by atoms with Crippen LogP contribution in [0.1, 0.15) is 12.0 Å². The van der Waals surface area contributed by atoms with Crippen LogP contribution in [-0.2, 0) is 11.2 Å². The summed E-state index contributed by atoms with van der Waals surface area (Å²) in [5.74, 6) is -1.52. The van der Waals surface area contributed by atoms with E-state index in [1.54, 1.807) is 24.5 Å². The van der Waals surface area contributed by atoms with E-state index in [0.29, 0.717) is 24.2 Å². The number of rotatable bonds is 4. The Morgan fingerprint density at radius 3 is 3.04 bits per heavy atom. The smallest absolute Gasteiger partial charge is 0.314 e. The van der Waals surface area contributed by atoms with Crippen molar-refractivity contribution in [3.8, 4) is 0 Å². The number of aliphatic hydroxyl groups is 1. The number of carboxylic acid groups (broad SMARTS) is 1. The van der Waals surface area contributed by atoms with Gasteiger partial charge in [-0.15, -0.1) is 0 Å². The zero-order chi connectivity index (χ0) is 19.0. The molecule has 1 aromatic carbocycles. The third kappa shape index (κ3) is 3.02. The van der Waals surface area contributed by atoms with Crippen molar-refractivity contribution in [1.29, 1.82) is 0 Å². The molecule has 1 fully saturated rings. The predicted molar refractivity (Wildman–Crippen MR) is 96.9 cm³/mol. The second-order valence-corrected chi connectivity index (χ2v) is 6.96. The molecule has 8 heteroatoms. The summed E-state index contributed by atoms with van der Waals surface area (Å²) in [5.41, 5.74) is 0.530. The Balaban J connectivity index is 1.72. The molecule has 140 valence electrons. The van der Waals surface area contributed by atoms with Gasteiger partial charge in [0.05, 0.1) is 23.4 Å². The number of piperidine rings is 1. The number of hydrogen-bond acceptors (Lipinski definition) is 5. The van der Waals surface area contributed by atoms with Gasteiger partial charge in [0, 0.05) is 19.3 Å². The highest BCUT2D eigenvalue weighted by Crippen LogP contribution is 2.38. The molecule has 7 nitrogen and oxygen atoms in total. The van der Waals surface area contributed by atoms with E-state index in [4.69, 9.17) is 0 Å². The van der Waals surface area contributed by atoms with Crippen LogP contribution in [0.25, 0.3) is 11.0 Å². The minimum Gasteiger partial charge on any atom is -0.481 e. The van der Waals surface area contributed by atoms with E-state index in [1.807, 2.05) is 11.0 Å². The molecule has 0 saturated carbocycles. The number of aliphatic carboxylic acids is 1. The van der Waals surface area contributed by atoms with E-state index in [9.17, 15) is 19.4 Å². The molecular formula is C19H19FN4O3. The monoisotopic (exact) mass is 370 g/mol. The lowest BCUT2D eigenvalue weighted by molar-refractivity contribution is -0.157. The highest BCUT2D eigenvalue weighted by Gasteiger charge is 2.49. The van der Waals surface area contributed by atoms with Gasteiger partial charge >= 0.3 is 5.97 Å². The zero-order valence-electron chi connectivity index (χ0n) is 14.5. The van der Waals surface area contributed by atoms with E-state index >= 15 is 0 Å². The first kappa shape index (κ1) is 17.4. The Bertz CT molecular complexity index is 992. The van der Waals surface area contributed by atoms with Gasteiger partial charge < -0.3 is 15.1 Å². The summed E-state index contributed by atoms with van der Waals surface area (Å²) in [6, 6.07) is 7.67. The predicted octanol–water partition coefficient (Wildman–Crippen LogP) is 1.98. The van der Waals surface area contributed by atoms with Gasteiger partial charge in [-0.05, 0) is 36.6 Å². The highest BCUT2D eigenvalue weighted by molar-refractivity contribution is 5.89. The van der Waals surface area contributed by atoms with Crippen molar-refractivity contribution >= 4 is 22.7 Å². The lowest BCUT2D eigenvalue weighted by Gasteiger charge is -2.44. The quantitative estimate of drug-likeness (QED) is 0.649. The van der Waals surface area contributed by atoms with Crippen molar-refractivity contribution in [2.24, 2.45) is 5.41 Å². The number of nitrogens with one attached hydrogen (secondary N) is 1. The van der Waals surface area contributed by atoms with E-state index in [1.165, 1.54) is 12.1 Å². The fraction of sp³-hybridized carbons (Fsp3) is 0.316. The number of aromatic amines is 1. The first-order chi connectivity index (χ1) is 13.0. The molecule has 1 saturated heterocycles. The third-order valence-electron chi connectivity index (χ3n) is 5.29. The molecule has 3 N–H and O–H groups in total. The van der Waals surface area contributed by atoms with Gasteiger partial charge in [0.25, 0.3) is 0 Å². The van der Waals surface area contributed by atoms with Crippen LogP contribution in [0.3, 0.4) is 0 Å². The minimum atomic E-state index is -1.44. The van der Waals surface area contributed by atoms with Crippen LogP contribution in [0, 0.1) is 11.2 Å². The molecule has 27 heavy (non-hydrogen) atoms. The Hall–Kier alpha value is -3.00. The summed E-state index contributed by atoms with van der Waals surface area (Å²) >= 11 is 0. The fourth-order valence-electron chi connectivity index (χ4n) is 3.87. The first-order valence-corrected chi connectivity index (χ1v) is 8.68. The lowest BCUT2D eigenvalue weighted by atomic mass is 9.72. The van der Waals surface area contributed by atoms with E-state index < -0.39 is 23.3 Å². The third-order valence-corrected chi connectivity index (χ3v) is 5.29. The number of hydrogen-bond donors (Lipinski definition) is 3. The number of aliphatic hydroxyl groups excluding tert-OH is 1. The highest BCUT2D eigenvalue weighted by atomic mass is 19.1. The number of aromatic nitrogens is 3. The van der Waals surface area contributed by atoms with Gasteiger partial charge in [0.2, 0.25) is 0 Å². The van der Waals surface area contributed by atoms with Gasteiger partial charge in [-0.25, -0.2) is 9.37 Å². The molecule has 0 amide bonds. The molecule has 0 spiro atoms. The number of carbonyl (C=O) groups is 1. The summed E-state index contributed by atoms with van der Waals surface area (Å²) in [5, 5.41) is 28.2. The number of carboxylic acids is 1. The number of pyridine rings is 1. The SMILES string of the molecule is O=C(O)[C@]1(Cc2cccc(F)c2)CN(c2ccnc3[nH]ncc23)CC[C@H]1O. The van der Waals surface area contributed by atoms with Crippen LogP contribution in [0.2, 0.25) is 0 Å². The number of fused-ring (bicyclic) bond motifs is 1. The molecule has 0 bridgehead atoms. The Kier molecular flexibility index (Phi) is 4.27. The van der Waals surface area contributed by atoms with Gasteiger partial charge in [-0.1, -0.05) is 12.1 Å². The average Bonchev–Trinajstić information content (AvgIpc) is 3.12. The van der Waals surface area contributed by atoms with Crippen LogP contribution in [0.4, 0.5) is 10.1 Å². The number of anilines is 1. The maximum Gasteiger partial charge on any atom is 0.314 e. The van der Waals surface area contributed by atoms with E-state index in [0.717, 1.165) is 11.1 Å². The lowest BCUT2D eigenvalue weighted by Crippen LogP contribution is -2.57. The molecule has 3 aromatic rings. The Morgan fingerprint density at radius 1 is 1.41 bits per heavy atom. The van der Waals surface area contributed by atoms with Gasteiger partial charge in [0.1, 0.15) is 11.2 Å². The maximum atomic E-state index is 13.6. The maximum absolute atomic E-state index is 13.6. The van der Waals surface area contributed by atoms with Crippen molar-refractivity contribution in [3.63, 3.8) is 0 Å². The summed E-state index contributed by atoms with van der Waals surface area (Å²) < 4.78 is 13.6. The van der Waals surface area contributed by atoms with Crippen molar-refractivity contribution in [3.05, 3.63) is 54.1 Å². The molecule has 0 unspecified atom stereocenters. The molecule has 1 aliphatic heterocycles. The van der Waals surface area contributed by atoms with Gasteiger partial charge in [-0.3, -0.25) is 9.89 Å². The number of benzene rings is 1. The first-order valence-electron chi connectivity index (χ1n) is 8.68. The van der Waals surface area contributed by atoms with Gasteiger partial charge in [-0.2, -0.15) is 5.10 Å². The minimum absolute atomic E-state index is 0.0391. The van der Waals surface area contributed by atoms with Crippen LogP contribution in [0.15, 0.2) is 42.7 Å². The summed E-state index contributed by atoms with van der Waals surface area (Å²) in [4.78, 5) is 18.4. The molecule has 4 rings (SSSR count). The average molecular weight is 370 g/mol. The van der Waals surface area contributed by atoms with Crippen LogP contribution < -0.4 is 4.90 Å². The van der Waals surface area contributed by atoms with Crippen molar-refractivity contribution in [2.45, 2.75) is 18.9 Å².